The normalized spacial score (nSPS) is 29.3. The highest BCUT2D eigenvalue weighted by atomic mass is 32.2. The summed E-state index contributed by atoms with van der Waals surface area (Å²) in [5, 5.41) is 10.4. The van der Waals surface area contributed by atoms with Crippen LogP contribution in [0.3, 0.4) is 0 Å². The Bertz CT molecular complexity index is 1170. The van der Waals surface area contributed by atoms with Crippen molar-refractivity contribution in [2.24, 2.45) is 17.8 Å². The Morgan fingerprint density at radius 1 is 1.20 bits per heavy atom. The number of nitrogens with zero attached hydrogens (tertiary/aromatic N) is 3. The highest BCUT2D eigenvalue weighted by Gasteiger charge is 2.77. The molecule has 3 heterocycles. The van der Waals surface area contributed by atoms with Crippen molar-refractivity contribution in [3.63, 3.8) is 0 Å². The molecule has 218 valence electrons. The number of aliphatic hydroxyl groups is 1. The molecular weight excluding hydrogens is 522 g/mol. The zero-order valence-corrected chi connectivity index (χ0v) is 25.5. The molecule has 0 aromatic heterocycles. The van der Waals surface area contributed by atoms with Crippen LogP contribution in [-0.2, 0) is 14.4 Å². The second-order valence-electron chi connectivity index (χ2n) is 11.6. The molecule has 3 saturated heterocycles. The number of carbonyl (C=O) groups is 3. The van der Waals surface area contributed by atoms with Crippen LogP contribution in [0.1, 0.15) is 51.2 Å². The van der Waals surface area contributed by atoms with Crippen molar-refractivity contribution < 1.29 is 19.5 Å². The topological polar surface area (TPSA) is 81.2 Å². The molecule has 2 bridgehead atoms. The minimum Gasteiger partial charge on any atom is -0.394 e. The number of rotatable bonds is 12. The van der Waals surface area contributed by atoms with Crippen molar-refractivity contribution in [3.8, 4) is 0 Å². The van der Waals surface area contributed by atoms with Gasteiger partial charge in [0.25, 0.3) is 5.91 Å². The van der Waals surface area contributed by atoms with E-state index < -0.39 is 28.7 Å². The van der Waals surface area contributed by atoms with E-state index in [1.807, 2.05) is 50.8 Å². The molecule has 3 aliphatic heterocycles. The Balaban J connectivity index is 1.86. The van der Waals surface area contributed by atoms with Crippen LogP contribution in [-0.4, -0.2) is 80.9 Å². The number of aryl methyl sites for hydroxylation is 2. The predicted molar refractivity (Wildman–Crippen MR) is 162 cm³/mol. The van der Waals surface area contributed by atoms with Crippen LogP contribution in [0, 0.1) is 31.6 Å². The summed E-state index contributed by atoms with van der Waals surface area (Å²) >= 11 is 1.68. The minimum atomic E-state index is -0.788. The average molecular weight is 568 g/mol. The Hall–Kier alpha value is -2.58. The van der Waals surface area contributed by atoms with Crippen LogP contribution in [0.2, 0.25) is 0 Å². The first kappa shape index (κ1) is 30.4. The van der Waals surface area contributed by atoms with Gasteiger partial charge in [-0.25, -0.2) is 0 Å². The van der Waals surface area contributed by atoms with Crippen molar-refractivity contribution in [3.05, 3.63) is 54.6 Å². The molecule has 3 amide bonds. The Morgan fingerprint density at radius 3 is 2.50 bits per heavy atom. The van der Waals surface area contributed by atoms with E-state index in [0.717, 1.165) is 29.7 Å². The third-order valence-electron chi connectivity index (χ3n) is 9.17. The molecule has 3 unspecified atom stereocenters. The molecule has 0 radical (unpaired) electrons. The van der Waals surface area contributed by atoms with Gasteiger partial charge in [-0.15, -0.1) is 24.9 Å². The fourth-order valence-corrected chi connectivity index (χ4v) is 9.75. The molecular formula is C32H45N3O4S. The Morgan fingerprint density at radius 2 is 1.90 bits per heavy atom. The summed E-state index contributed by atoms with van der Waals surface area (Å²) in [7, 11) is 0. The van der Waals surface area contributed by atoms with Crippen LogP contribution < -0.4 is 4.90 Å². The summed E-state index contributed by atoms with van der Waals surface area (Å²) in [5.41, 5.74) is 2.80. The van der Waals surface area contributed by atoms with Gasteiger partial charge in [0.1, 0.15) is 6.04 Å². The highest BCUT2D eigenvalue weighted by Crippen LogP contribution is 2.69. The summed E-state index contributed by atoms with van der Waals surface area (Å²) < 4.78 is -0.745. The quantitative estimate of drug-likeness (QED) is 0.380. The third kappa shape index (κ3) is 4.71. The molecule has 8 heteroatoms. The van der Waals surface area contributed by atoms with Crippen molar-refractivity contribution in [1.82, 2.24) is 9.80 Å². The predicted octanol–water partition coefficient (Wildman–Crippen LogP) is 4.36. The van der Waals surface area contributed by atoms with E-state index in [4.69, 9.17) is 0 Å². The van der Waals surface area contributed by atoms with E-state index in [-0.39, 0.29) is 35.5 Å². The Kier molecular flexibility index (Phi) is 9.20. The van der Waals surface area contributed by atoms with Gasteiger partial charge < -0.3 is 19.8 Å². The van der Waals surface area contributed by atoms with Gasteiger partial charge in [0, 0.05) is 30.6 Å². The number of fused-ring (bicyclic) bond motifs is 1. The lowest BCUT2D eigenvalue weighted by Crippen LogP contribution is -2.59. The zero-order chi connectivity index (χ0) is 29.4. The highest BCUT2D eigenvalue weighted by molar-refractivity contribution is 8.02. The third-order valence-corrected chi connectivity index (χ3v) is 11.2. The lowest BCUT2D eigenvalue weighted by Gasteiger charge is -2.42. The minimum absolute atomic E-state index is 0.0195. The maximum Gasteiger partial charge on any atom is 0.251 e. The van der Waals surface area contributed by atoms with Crippen molar-refractivity contribution in [2.75, 3.05) is 31.1 Å². The van der Waals surface area contributed by atoms with E-state index in [9.17, 15) is 19.5 Å². The summed E-state index contributed by atoms with van der Waals surface area (Å²) in [6, 6.07) is 4.73. The molecule has 3 aliphatic rings. The number of thioether (sulfide) groups is 1. The molecule has 7 nitrogen and oxygen atoms in total. The van der Waals surface area contributed by atoms with Crippen LogP contribution >= 0.6 is 11.8 Å². The molecule has 3 fully saturated rings. The molecule has 40 heavy (non-hydrogen) atoms. The van der Waals surface area contributed by atoms with E-state index in [1.54, 1.807) is 33.7 Å². The summed E-state index contributed by atoms with van der Waals surface area (Å²) in [4.78, 5) is 48.7. The first-order valence-electron chi connectivity index (χ1n) is 14.6. The Labute approximate surface area is 243 Å². The van der Waals surface area contributed by atoms with E-state index >= 15 is 0 Å². The van der Waals surface area contributed by atoms with Gasteiger partial charge in [0.05, 0.1) is 29.2 Å². The number of amides is 3. The number of carbonyl (C=O) groups excluding carboxylic acids is 3. The molecule has 0 saturated carbocycles. The van der Waals surface area contributed by atoms with Gasteiger partial charge in [0.2, 0.25) is 11.8 Å². The number of aliphatic hydroxyl groups excluding tert-OH is 1. The molecule has 1 aromatic rings. The first-order valence-corrected chi connectivity index (χ1v) is 15.5. The second-order valence-corrected chi connectivity index (χ2v) is 13.2. The maximum atomic E-state index is 14.9. The van der Waals surface area contributed by atoms with Crippen LogP contribution in [0.5, 0.6) is 0 Å². The standard InChI is InChI=1S/C32H45N3O4S/c1-8-14-33(15-9-2)29(37)26-25-18-22(7)32(40-25)27(26)30(38)35(23(11-4)19-36)28(32)31(39)34(16-10-3)24-17-20(5)12-13-21(24)6/h8,10,12-13,17,22-23,25-28,36H,1,3,9,11,14-16,18-19H2,2,4-7H3/t22?,23-,25+,26-,27-,28?,32?/m0/s1. The average Bonchev–Trinajstić information content (AvgIpc) is 3.52. The van der Waals surface area contributed by atoms with E-state index in [2.05, 4.69) is 20.1 Å². The van der Waals surface area contributed by atoms with Crippen molar-refractivity contribution in [2.45, 2.75) is 76.0 Å². The van der Waals surface area contributed by atoms with Crippen LogP contribution in [0.4, 0.5) is 5.69 Å². The number of benzene rings is 1. The number of likely N-dealkylation sites (tertiary alicyclic amines) is 1. The largest absolute Gasteiger partial charge is 0.394 e. The number of hydrogen-bond acceptors (Lipinski definition) is 5. The summed E-state index contributed by atoms with van der Waals surface area (Å²) in [6.45, 7) is 18.9. The van der Waals surface area contributed by atoms with Gasteiger partial charge in [-0.2, -0.15) is 0 Å². The van der Waals surface area contributed by atoms with Gasteiger partial charge in [-0.3, -0.25) is 14.4 Å². The number of hydrogen-bond donors (Lipinski definition) is 1. The van der Waals surface area contributed by atoms with Gasteiger partial charge in [-0.1, -0.05) is 45.1 Å². The van der Waals surface area contributed by atoms with Gasteiger partial charge in [-0.05, 0) is 56.2 Å². The monoisotopic (exact) mass is 567 g/mol. The SMILES string of the molecule is C=CCN(CCC)C(=O)[C@@H]1[C@H]2C(=O)N([C@@H](CC)CO)C(C(=O)N(CC=C)c3cc(C)ccc3C)C23S[C@@H]1CC3C. The maximum absolute atomic E-state index is 14.9. The summed E-state index contributed by atoms with van der Waals surface area (Å²) in [6.07, 6.45) is 5.55. The van der Waals surface area contributed by atoms with Crippen molar-refractivity contribution >= 4 is 35.2 Å². The van der Waals surface area contributed by atoms with Gasteiger partial charge >= 0.3 is 0 Å². The van der Waals surface area contributed by atoms with Crippen LogP contribution in [0.15, 0.2) is 43.5 Å². The molecule has 4 rings (SSSR count). The van der Waals surface area contributed by atoms with E-state index in [1.165, 1.54) is 0 Å². The molecule has 0 aliphatic carbocycles. The fraction of sp³-hybridized carbons (Fsp3) is 0.594. The van der Waals surface area contributed by atoms with Crippen molar-refractivity contribution in [1.29, 1.82) is 0 Å². The second kappa shape index (κ2) is 12.1. The molecule has 7 atom stereocenters. The molecule has 1 spiro atoms. The van der Waals surface area contributed by atoms with E-state index in [0.29, 0.717) is 26.1 Å². The smallest absolute Gasteiger partial charge is 0.251 e. The fourth-order valence-electron chi connectivity index (χ4n) is 7.35. The zero-order valence-electron chi connectivity index (χ0n) is 24.6. The first-order chi connectivity index (χ1) is 19.1. The lowest BCUT2D eigenvalue weighted by molar-refractivity contribution is -0.145. The van der Waals surface area contributed by atoms with Gasteiger partial charge in [0.15, 0.2) is 0 Å². The molecule has 1 aromatic carbocycles. The van der Waals surface area contributed by atoms with Crippen LogP contribution in [0.25, 0.3) is 0 Å². The number of anilines is 1. The molecule has 1 N–H and O–H groups in total. The lowest BCUT2D eigenvalue weighted by atomic mass is 9.65. The summed E-state index contributed by atoms with van der Waals surface area (Å²) in [5.74, 6) is -1.41.